The van der Waals surface area contributed by atoms with Crippen molar-refractivity contribution < 1.29 is 22.8 Å². The number of carbonyl (C=O) groups excluding carboxylic acids is 2. The Labute approximate surface area is 176 Å². The SMILES string of the molecule is CC(=O)Nc1ccc(C2CC(C)(C(=O)Nc3ccc(C#N)c(C(F)(F)F)c3)N=N2)cc1. The van der Waals surface area contributed by atoms with Gasteiger partial charge in [-0.1, -0.05) is 12.1 Å². The number of halogens is 3. The Morgan fingerprint density at radius 1 is 1.13 bits per heavy atom. The Morgan fingerprint density at radius 3 is 2.35 bits per heavy atom. The molecular formula is C21H18F3N5O2. The van der Waals surface area contributed by atoms with Gasteiger partial charge in [0.2, 0.25) is 5.91 Å². The lowest BCUT2D eigenvalue weighted by atomic mass is 9.91. The second-order valence-corrected chi connectivity index (χ2v) is 7.34. The molecule has 0 spiro atoms. The molecule has 160 valence electrons. The van der Waals surface area contributed by atoms with Crippen LogP contribution in [0.15, 0.2) is 52.7 Å². The summed E-state index contributed by atoms with van der Waals surface area (Å²) in [6.07, 6.45) is -4.50. The van der Waals surface area contributed by atoms with E-state index in [2.05, 4.69) is 20.9 Å². The first-order valence-electron chi connectivity index (χ1n) is 9.24. The van der Waals surface area contributed by atoms with E-state index in [1.165, 1.54) is 19.1 Å². The molecule has 0 saturated heterocycles. The summed E-state index contributed by atoms with van der Waals surface area (Å²) in [5, 5.41) is 22.2. The molecule has 2 aromatic carbocycles. The van der Waals surface area contributed by atoms with E-state index in [4.69, 9.17) is 5.26 Å². The van der Waals surface area contributed by atoms with Gasteiger partial charge in [0.15, 0.2) is 5.54 Å². The van der Waals surface area contributed by atoms with Crippen molar-refractivity contribution in [1.82, 2.24) is 0 Å². The molecule has 2 N–H and O–H groups in total. The van der Waals surface area contributed by atoms with E-state index in [0.29, 0.717) is 5.69 Å². The van der Waals surface area contributed by atoms with Crippen LogP contribution in [-0.2, 0) is 15.8 Å². The summed E-state index contributed by atoms with van der Waals surface area (Å²) >= 11 is 0. The highest BCUT2D eigenvalue weighted by molar-refractivity contribution is 5.98. The minimum atomic E-state index is -4.72. The number of nitriles is 1. The first kappa shape index (κ1) is 22.0. The highest BCUT2D eigenvalue weighted by Crippen LogP contribution is 2.38. The molecule has 0 fully saturated rings. The fourth-order valence-electron chi connectivity index (χ4n) is 3.19. The van der Waals surface area contributed by atoms with Crippen molar-refractivity contribution in [2.45, 2.75) is 38.0 Å². The zero-order chi connectivity index (χ0) is 22.8. The van der Waals surface area contributed by atoms with Crippen LogP contribution in [0.25, 0.3) is 0 Å². The molecule has 0 saturated carbocycles. The van der Waals surface area contributed by atoms with Crippen LogP contribution in [0.5, 0.6) is 0 Å². The molecule has 7 nitrogen and oxygen atoms in total. The number of amides is 2. The van der Waals surface area contributed by atoms with Gasteiger partial charge in [-0.15, -0.1) is 0 Å². The topological polar surface area (TPSA) is 107 Å². The maximum absolute atomic E-state index is 13.1. The van der Waals surface area contributed by atoms with Crippen molar-refractivity contribution >= 4 is 23.2 Å². The van der Waals surface area contributed by atoms with E-state index in [9.17, 15) is 22.8 Å². The van der Waals surface area contributed by atoms with Crippen molar-refractivity contribution in [2.75, 3.05) is 10.6 Å². The van der Waals surface area contributed by atoms with Crippen LogP contribution >= 0.6 is 0 Å². The van der Waals surface area contributed by atoms with E-state index in [-0.39, 0.29) is 18.0 Å². The molecule has 2 amide bonds. The molecule has 0 radical (unpaired) electrons. The van der Waals surface area contributed by atoms with Gasteiger partial charge in [-0.3, -0.25) is 9.59 Å². The second-order valence-electron chi connectivity index (χ2n) is 7.34. The lowest BCUT2D eigenvalue weighted by molar-refractivity contribution is -0.137. The molecule has 1 aliphatic rings. The van der Waals surface area contributed by atoms with Gasteiger partial charge in [-0.25, -0.2) is 0 Å². The van der Waals surface area contributed by atoms with Gasteiger partial charge in [0.25, 0.3) is 5.91 Å². The highest BCUT2D eigenvalue weighted by Gasteiger charge is 2.41. The van der Waals surface area contributed by atoms with Crippen LogP contribution in [0.4, 0.5) is 24.5 Å². The Bertz CT molecular complexity index is 1090. The van der Waals surface area contributed by atoms with E-state index < -0.39 is 34.8 Å². The third-order valence-electron chi connectivity index (χ3n) is 4.82. The third kappa shape index (κ3) is 4.88. The number of rotatable bonds is 4. The summed E-state index contributed by atoms with van der Waals surface area (Å²) in [5.74, 6) is -0.805. The number of anilines is 2. The maximum atomic E-state index is 13.1. The van der Waals surface area contributed by atoms with Gasteiger partial charge < -0.3 is 10.6 Å². The minimum absolute atomic E-state index is 0.0872. The summed E-state index contributed by atoms with van der Waals surface area (Å²) in [6, 6.07) is 11.0. The number of hydrogen-bond acceptors (Lipinski definition) is 5. The van der Waals surface area contributed by atoms with Crippen LogP contribution in [-0.4, -0.2) is 17.4 Å². The van der Waals surface area contributed by atoms with Gasteiger partial charge in [0.1, 0.15) is 0 Å². The molecule has 2 unspecified atom stereocenters. The molecular weight excluding hydrogens is 411 g/mol. The number of carbonyl (C=O) groups is 2. The summed E-state index contributed by atoms with van der Waals surface area (Å²) in [6.45, 7) is 2.94. The Balaban J connectivity index is 1.73. The fourth-order valence-corrected chi connectivity index (χ4v) is 3.19. The molecule has 0 aliphatic carbocycles. The van der Waals surface area contributed by atoms with Crippen LogP contribution in [0.3, 0.4) is 0 Å². The van der Waals surface area contributed by atoms with E-state index >= 15 is 0 Å². The minimum Gasteiger partial charge on any atom is -0.326 e. The molecule has 1 heterocycles. The zero-order valence-corrected chi connectivity index (χ0v) is 16.6. The number of benzene rings is 2. The molecule has 2 aromatic rings. The number of nitrogens with one attached hydrogen (secondary N) is 2. The predicted octanol–water partition coefficient (Wildman–Crippen LogP) is 4.83. The van der Waals surface area contributed by atoms with Crippen molar-refractivity contribution in [3.8, 4) is 6.07 Å². The average molecular weight is 429 g/mol. The molecule has 1 aliphatic heterocycles. The monoisotopic (exact) mass is 429 g/mol. The first-order chi connectivity index (χ1) is 14.5. The molecule has 10 heteroatoms. The van der Waals surface area contributed by atoms with Crippen LogP contribution < -0.4 is 10.6 Å². The maximum Gasteiger partial charge on any atom is 0.417 e. The Kier molecular flexibility index (Phi) is 5.79. The highest BCUT2D eigenvalue weighted by atomic mass is 19.4. The number of hydrogen-bond donors (Lipinski definition) is 2. The predicted molar refractivity (Wildman–Crippen MR) is 106 cm³/mol. The average Bonchev–Trinajstić information content (AvgIpc) is 3.11. The largest absolute Gasteiger partial charge is 0.417 e. The van der Waals surface area contributed by atoms with Gasteiger partial charge in [0, 0.05) is 24.7 Å². The van der Waals surface area contributed by atoms with Crippen LogP contribution in [0.1, 0.15) is 43.0 Å². The number of azo groups is 1. The lowest BCUT2D eigenvalue weighted by Gasteiger charge is -2.20. The van der Waals surface area contributed by atoms with E-state index in [1.54, 1.807) is 31.2 Å². The lowest BCUT2D eigenvalue weighted by Crippen LogP contribution is -2.37. The quantitative estimate of drug-likeness (QED) is 0.727. The second kappa shape index (κ2) is 8.18. The van der Waals surface area contributed by atoms with Crippen molar-refractivity contribution in [3.05, 3.63) is 59.2 Å². The Morgan fingerprint density at radius 2 is 1.77 bits per heavy atom. The van der Waals surface area contributed by atoms with Crippen LogP contribution in [0.2, 0.25) is 0 Å². The standard InChI is InChI=1S/C21H18F3N5O2/c1-12(30)26-15-6-3-13(4-7-15)18-10-20(2,29-28-18)19(31)27-16-8-5-14(11-25)17(9-16)21(22,23)24/h3-9,18H,10H2,1-2H3,(H,26,30)(H,27,31). The molecule has 0 aromatic heterocycles. The first-order valence-corrected chi connectivity index (χ1v) is 9.24. The summed E-state index contributed by atoms with van der Waals surface area (Å²) in [7, 11) is 0. The fraction of sp³-hybridized carbons (Fsp3) is 0.286. The molecule has 2 atom stereocenters. The van der Waals surface area contributed by atoms with Gasteiger partial charge in [-0.05, 0) is 42.8 Å². The van der Waals surface area contributed by atoms with Crippen LogP contribution in [0, 0.1) is 11.3 Å². The van der Waals surface area contributed by atoms with Crippen molar-refractivity contribution in [1.29, 1.82) is 5.26 Å². The van der Waals surface area contributed by atoms with Crippen molar-refractivity contribution in [3.63, 3.8) is 0 Å². The van der Waals surface area contributed by atoms with Gasteiger partial charge >= 0.3 is 6.18 Å². The number of alkyl halides is 3. The van der Waals surface area contributed by atoms with Gasteiger partial charge in [-0.2, -0.15) is 28.7 Å². The summed E-state index contributed by atoms with van der Waals surface area (Å²) < 4.78 is 39.4. The molecule has 3 rings (SSSR count). The van der Waals surface area contributed by atoms with E-state index in [0.717, 1.165) is 17.7 Å². The smallest absolute Gasteiger partial charge is 0.326 e. The number of nitrogens with zero attached hydrogens (tertiary/aromatic N) is 3. The van der Waals surface area contributed by atoms with E-state index in [1.807, 2.05) is 0 Å². The zero-order valence-electron chi connectivity index (χ0n) is 16.6. The Hall–Kier alpha value is -3.74. The van der Waals surface area contributed by atoms with Crippen molar-refractivity contribution in [2.24, 2.45) is 10.2 Å². The molecule has 0 bridgehead atoms. The van der Waals surface area contributed by atoms with Gasteiger partial charge in [0.05, 0.1) is 23.2 Å². The normalized spacial score (nSPS) is 20.2. The summed E-state index contributed by atoms with van der Waals surface area (Å²) in [5.41, 5.74) is -1.60. The third-order valence-corrected chi connectivity index (χ3v) is 4.82. The molecule has 31 heavy (non-hydrogen) atoms. The summed E-state index contributed by atoms with van der Waals surface area (Å²) in [4.78, 5) is 23.9.